The molecule has 4 rings (SSSR count). The average Bonchev–Trinajstić information content (AvgIpc) is 3.20. The van der Waals surface area contributed by atoms with Crippen LogP contribution in [0.2, 0.25) is 0 Å². The summed E-state index contributed by atoms with van der Waals surface area (Å²) < 4.78 is 2.73. The molecule has 1 heterocycles. The largest absolute Gasteiger partial charge is 0.322 e. The van der Waals surface area contributed by atoms with E-state index >= 15 is 0 Å². The first-order valence-electron chi connectivity index (χ1n) is 8.75. The van der Waals surface area contributed by atoms with Crippen LogP contribution in [0.25, 0.3) is 16.9 Å². The van der Waals surface area contributed by atoms with E-state index in [-0.39, 0.29) is 5.91 Å². The second-order valence-electron chi connectivity index (χ2n) is 6.40. The van der Waals surface area contributed by atoms with E-state index in [0.29, 0.717) is 5.56 Å². The first-order valence-corrected chi connectivity index (χ1v) is 9.54. The molecule has 138 valence electrons. The quantitative estimate of drug-likeness (QED) is 0.478. The summed E-state index contributed by atoms with van der Waals surface area (Å²) in [7, 11) is 0. The number of amides is 1. The zero-order valence-corrected chi connectivity index (χ0v) is 16.7. The van der Waals surface area contributed by atoms with Gasteiger partial charge in [0.15, 0.2) is 0 Å². The third-order valence-corrected chi connectivity index (χ3v) is 4.90. The molecule has 0 saturated carbocycles. The van der Waals surface area contributed by atoms with Crippen molar-refractivity contribution in [3.05, 3.63) is 94.6 Å². The Morgan fingerprint density at radius 2 is 1.61 bits per heavy atom. The van der Waals surface area contributed by atoms with E-state index < -0.39 is 0 Å². The van der Waals surface area contributed by atoms with Gasteiger partial charge in [0, 0.05) is 21.3 Å². The number of nitrogens with zero attached hydrogens (tertiary/aromatic N) is 3. The highest BCUT2D eigenvalue weighted by Crippen LogP contribution is 2.22. The van der Waals surface area contributed by atoms with Crippen molar-refractivity contribution >= 4 is 27.5 Å². The van der Waals surface area contributed by atoms with Gasteiger partial charge in [-0.15, -0.1) is 5.10 Å². The highest BCUT2D eigenvalue weighted by molar-refractivity contribution is 9.10. The molecule has 1 amide bonds. The Morgan fingerprint density at radius 3 is 2.29 bits per heavy atom. The van der Waals surface area contributed by atoms with Gasteiger partial charge in [0.05, 0.1) is 17.6 Å². The first-order chi connectivity index (χ1) is 13.6. The smallest absolute Gasteiger partial charge is 0.255 e. The van der Waals surface area contributed by atoms with E-state index in [2.05, 4.69) is 50.6 Å². The molecule has 0 atom stereocenters. The Balaban J connectivity index is 1.55. The van der Waals surface area contributed by atoms with Crippen molar-refractivity contribution in [3.63, 3.8) is 0 Å². The molecular formula is C22H17BrN4O. The Hall–Kier alpha value is -3.25. The van der Waals surface area contributed by atoms with Crippen molar-refractivity contribution in [2.24, 2.45) is 0 Å². The molecule has 0 aliphatic carbocycles. The lowest BCUT2D eigenvalue weighted by Gasteiger charge is -2.09. The van der Waals surface area contributed by atoms with Crippen LogP contribution in [-0.4, -0.2) is 20.9 Å². The van der Waals surface area contributed by atoms with Crippen LogP contribution in [0, 0.1) is 6.92 Å². The molecule has 28 heavy (non-hydrogen) atoms. The van der Waals surface area contributed by atoms with Crippen molar-refractivity contribution in [1.82, 2.24) is 15.0 Å². The summed E-state index contributed by atoms with van der Waals surface area (Å²) in [5.41, 5.74) is 5.29. The summed E-state index contributed by atoms with van der Waals surface area (Å²) in [6.07, 6.45) is 1.73. The van der Waals surface area contributed by atoms with Crippen LogP contribution >= 0.6 is 15.9 Å². The number of benzene rings is 3. The maximum atomic E-state index is 12.5. The Kier molecular flexibility index (Phi) is 5.04. The number of nitrogens with one attached hydrogen (secondary N) is 1. The number of anilines is 1. The molecule has 0 saturated heterocycles. The molecule has 0 radical (unpaired) electrons. The number of hydrogen-bond acceptors (Lipinski definition) is 3. The number of carbonyl (C=O) groups excluding carboxylic acids is 1. The van der Waals surface area contributed by atoms with Gasteiger partial charge in [-0.2, -0.15) is 0 Å². The summed E-state index contributed by atoms with van der Waals surface area (Å²) in [5.74, 6) is -0.161. The molecule has 0 unspecified atom stereocenters. The summed E-state index contributed by atoms with van der Waals surface area (Å²) in [4.78, 5) is 12.5. The number of hydrogen-bond donors (Lipinski definition) is 1. The fraction of sp³-hybridized carbons (Fsp3) is 0.0455. The summed E-state index contributed by atoms with van der Waals surface area (Å²) in [6.45, 7) is 2.05. The number of aromatic nitrogens is 3. The van der Waals surface area contributed by atoms with E-state index in [1.807, 2.05) is 48.5 Å². The average molecular weight is 433 g/mol. The van der Waals surface area contributed by atoms with Crippen LogP contribution in [0.3, 0.4) is 0 Å². The second kappa shape index (κ2) is 7.78. The SMILES string of the molecule is Cc1ccc(-c2cnnn2-c2ccc(C(=O)Nc3ccc(Br)cc3)cc2)cc1. The molecule has 0 spiro atoms. The molecular weight excluding hydrogens is 416 g/mol. The van der Waals surface area contributed by atoms with E-state index in [9.17, 15) is 4.79 Å². The van der Waals surface area contributed by atoms with E-state index in [4.69, 9.17) is 0 Å². The lowest BCUT2D eigenvalue weighted by atomic mass is 10.1. The van der Waals surface area contributed by atoms with Crippen molar-refractivity contribution in [1.29, 1.82) is 0 Å². The lowest BCUT2D eigenvalue weighted by Crippen LogP contribution is -2.12. The maximum Gasteiger partial charge on any atom is 0.255 e. The monoisotopic (exact) mass is 432 g/mol. The van der Waals surface area contributed by atoms with Gasteiger partial charge < -0.3 is 5.32 Å². The molecule has 1 aromatic heterocycles. The van der Waals surface area contributed by atoms with Crippen LogP contribution < -0.4 is 5.32 Å². The Morgan fingerprint density at radius 1 is 0.929 bits per heavy atom. The van der Waals surface area contributed by atoms with Gasteiger partial charge in [-0.3, -0.25) is 4.79 Å². The third-order valence-electron chi connectivity index (χ3n) is 4.37. The molecule has 0 bridgehead atoms. The topological polar surface area (TPSA) is 59.8 Å². The van der Waals surface area contributed by atoms with Crippen molar-refractivity contribution < 1.29 is 4.79 Å². The molecule has 3 aromatic carbocycles. The number of carbonyl (C=O) groups is 1. The van der Waals surface area contributed by atoms with Crippen molar-refractivity contribution in [2.45, 2.75) is 6.92 Å². The summed E-state index contributed by atoms with van der Waals surface area (Å²) >= 11 is 3.38. The predicted molar refractivity (Wildman–Crippen MR) is 114 cm³/mol. The normalized spacial score (nSPS) is 10.6. The van der Waals surface area contributed by atoms with Gasteiger partial charge in [0.1, 0.15) is 0 Å². The predicted octanol–water partition coefficient (Wildman–Crippen LogP) is 5.26. The van der Waals surface area contributed by atoms with E-state index in [0.717, 1.165) is 27.1 Å². The molecule has 0 fully saturated rings. The molecule has 6 heteroatoms. The van der Waals surface area contributed by atoms with Crippen LogP contribution in [0.4, 0.5) is 5.69 Å². The van der Waals surface area contributed by atoms with Crippen molar-refractivity contribution in [2.75, 3.05) is 5.32 Å². The fourth-order valence-electron chi connectivity index (χ4n) is 2.84. The zero-order chi connectivity index (χ0) is 19.5. The van der Waals surface area contributed by atoms with Gasteiger partial charge in [-0.25, -0.2) is 4.68 Å². The minimum absolute atomic E-state index is 0.161. The fourth-order valence-corrected chi connectivity index (χ4v) is 3.10. The standard InChI is InChI=1S/C22H17BrN4O/c1-15-2-4-16(5-3-15)21-14-24-26-27(21)20-12-6-17(7-13-20)22(28)25-19-10-8-18(23)9-11-19/h2-14H,1H3,(H,25,28). The van der Waals surface area contributed by atoms with E-state index in [1.165, 1.54) is 5.56 Å². The lowest BCUT2D eigenvalue weighted by molar-refractivity contribution is 0.102. The number of rotatable bonds is 4. The number of aryl methyl sites for hydroxylation is 1. The maximum absolute atomic E-state index is 12.5. The van der Waals surface area contributed by atoms with Crippen LogP contribution in [0.5, 0.6) is 0 Å². The van der Waals surface area contributed by atoms with Gasteiger partial charge >= 0.3 is 0 Å². The molecule has 1 N–H and O–H groups in total. The van der Waals surface area contributed by atoms with Crippen LogP contribution in [0.1, 0.15) is 15.9 Å². The number of halogens is 1. The first kappa shape index (κ1) is 18.1. The van der Waals surface area contributed by atoms with Crippen LogP contribution in [0.15, 0.2) is 83.5 Å². The Bertz CT molecular complexity index is 1100. The Labute approximate surface area is 171 Å². The molecule has 4 aromatic rings. The van der Waals surface area contributed by atoms with Crippen LogP contribution in [-0.2, 0) is 0 Å². The zero-order valence-electron chi connectivity index (χ0n) is 15.1. The highest BCUT2D eigenvalue weighted by atomic mass is 79.9. The van der Waals surface area contributed by atoms with Gasteiger partial charge in [-0.05, 0) is 55.5 Å². The molecule has 0 aliphatic rings. The minimum atomic E-state index is -0.161. The third kappa shape index (κ3) is 3.87. The highest BCUT2D eigenvalue weighted by Gasteiger charge is 2.11. The summed E-state index contributed by atoms with van der Waals surface area (Å²) in [5, 5.41) is 11.1. The molecule has 0 aliphatic heterocycles. The second-order valence-corrected chi connectivity index (χ2v) is 7.32. The van der Waals surface area contributed by atoms with Crippen molar-refractivity contribution in [3.8, 4) is 16.9 Å². The molecule has 5 nitrogen and oxygen atoms in total. The van der Waals surface area contributed by atoms with E-state index in [1.54, 1.807) is 23.0 Å². The van der Waals surface area contributed by atoms with Gasteiger partial charge in [0.25, 0.3) is 5.91 Å². The van der Waals surface area contributed by atoms with Gasteiger partial charge in [0.2, 0.25) is 0 Å². The summed E-state index contributed by atoms with van der Waals surface area (Å²) in [6, 6.07) is 23.0. The van der Waals surface area contributed by atoms with Gasteiger partial charge in [-0.1, -0.05) is 51.0 Å². The minimum Gasteiger partial charge on any atom is -0.322 e.